The molecule has 0 spiro atoms. The van der Waals surface area contributed by atoms with E-state index in [0.717, 1.165) is 12.5 Å². The molecule has 0 bridgehead atoms. The molecule has 1 aromatic carbocycles. The molecule has 3 rings (SSSR count). The predicted molar refractivity (Wildman–Crippen MR) is 67.5 cm³/mol. The third-order valence-corrected chi connectivity index (χ3v) is 4.65. The smallest absolute Gasteiger partial charge is 0.00375 e. The molecule has 2 aliphatic rings. The molecule has 2 fully saturated rings. The molecule has 2 saturated carbocycles. The zero-order chi connectivity index (χ0) is 11.3. The minimum Gasteiger partial charge on any atom is -0.330 e. The van der Waals surface area contributed by atoms with Crippen molar-refractivity contribution in [3.05, 3.63) is 35.4 Å². The first kappa shape index (κ1) is 10.3. The molecule has 1 nitrogen and oxygen atoms in total. The lowest BCUT2D eigenvalue weighted by Gasteiger charge is -2.04. The largest absolute Gasteiger partial charge is 0.330 e. The van der Waals surface area contributed by atoms with Gasteiger partial charge in [-0.15, -0.1) is 0 Å². The van der Waals surface area contributed by atoms with E-state index in [9.17, 15) is 0 Å². The minimum absolute atomic E-state index is 0.413. The Kier molecular flexibility index (Phi) is 2.16. The lowest BCUT2D eigenvalue weighted by molar-refractivity contribution is 0.558. The van der Waals surface area contributed by atoms with Gasteiger partial charge in [0.1, 0.15) is 0 Å². The summed E-state index contributed by atoms with van der Waals surface area (Å²) in [5.74, 6) is 2.23. The normalized spacial score (nSPS) is 31.4. The maximum atomic E-state index is 5.83. The second kappa shape index (κ2) is 3.33. The van der Waals surface area contributed by atoms with E-state index in [1.165, 1.54) is 24.0 Å². The van der Waals surface area contributed by atoms with Crippen LogP contribution in [0.15, 0.2) is 24.3 Å². The number of benzene rings is 1. The van der Waals surface area contributed by atoms with Crippen LogP contribution < -0.4 is 5.73 Å². The summed E-state index contributed by atoms with van der Waals surface area (Å²) in [4.78, 5) is 0. The Hall–Kier alpha value is -0.820. The lowest BCUT2D eigenvalue weighted by atomic mass is 10.0. The van der Waals surface area contributed by atoms with E-state index in [2.05, 4.69) is 38.1 Å². The van der Waals surface area contributed by atoms with Crippen molar-refractivity contribution in [1.29, 1.82) is 0 Å². The molecule has 0 unspecified atom stereocenters. The Balaban J connectivity index is 1.80. The van der Waals surface area contributed by atoms with Crippen molar-refractivity contribution in [3.63, 3.8) is 0 Å². The molecule has 0 aliphatic heterocycles. The van der Waals surface area contributed by atoms with Crippen LogP contribution in [0.2, 0.25) is 0 Å². The zero-order valence-corrected chi connectivity index (χ0v) is 10.2. The van der Waals surface area contributed by atoms with Crippen molar-refractivity contribution in [2.24, 2.45) is 17.1 Å². The van der Waals surface area contributed by atoms with E-state index in [0.29, 0.717) is 17.3 Å². The second-order valence-corrected chi connectivity index (χ2v) is 6.08. The van der Waals surface area contributed by atoms with Gasteiger partial charge in [-0.25, -0.2) is 0 Å². The van der Waals surface area contributed by atoms with Gasteiger partial charge in [0, 0.05) is 0 Å². The lowest BCUT2D eigenvalue weighted by Crippen LogP contribution is -2.05. The van der Waals surface area contributed by atoms with Gasteiger partial charge in [0.15, 0.2) is 0 Å². The molecule has 0 heterocycles. The summed E-state index contributed by atoms with van der Waals surface area (Å²) in [7, 11) is 0. The standard InChI is InChI=1S/C15H21N/c1-15(2)13(9-16)14(15)12-7-5-11(6-8-12)10-3-4-10/h5-8,10,13-14H,3-4,9,16H2,1-2H3/t13-,14-/m0/s1. The van der Waals surface area contributed by atoms with Gasteiger partial charge < -0.3 is 5.73 Å². The Morgan fingerprint density at radius 3 is 2.12 bits per heavy atom. The summed E-state index contributed by atoms with van der Waals surface area (Å²) in [5, 5.41) is 0. The van der Waals surface area contributed by atoms with Gasteiger partial charge >= 0.3 is 0 Å². The second-order valence-electron chi connectivity index (χ2n) is 6.08. The van der Waals surface area contributed by atoms with Gasteiger partial charge in [-0.2, -0.15) is 0 Å². The monoisotopic (exact) mass is 215 g/mol. The molecule has 1 aromatic rings. The quantitative estimate of drug-likeness (QED) is 0.823. The molecule has 0 radical (unpaired) electrons. The van der Waals surface area contributed by atoms with Gasteiger partial charge in [0.25, 0.3) is 0 Å². The van der Waals surface area contributed by atoms with Crippen LogP contribution in [-0.4, -0.2) is 6.54 Å². The highest BCUT2D eigenvalue weighted by Crippen LogP contribution is 2.63. The van der Waals surface area contributed by atoms with E-state index in [1.54, 1.807) is 0 Å². The molecule has 86 valence electrons. The van der Waals surface area contributed by atoms with Crippen molar-refractivity contribution < 1.29 is 0 Å². The summed E-state index contributed by atoms with van der Waals surface area (Å²) in [6.45, 7) is 5.50. The Bertz CT molecular complexity index is 386. The first-order valence-electron chi connectivity index (χ1n) is 6.44. The van der Waals surface area contributed by atoms with Crippen LogP contribution in [0.3, 0.4) is 0 Å². The van der Waals surface area contributed by atoms with Crippen LogP contribution in [0.4, 0.5) is 0 Å². The maximum Gasteiger partial charge on any atom is -0.00375 e. The SMILES string of the molecule is CC1(C)[C@@H](CN)[C@@H]1c1ccc(C2CC2)cc1. The fourth-order valence-electron chi connectivity index (χ4n) is 3.24. The highest BCUT2D eigenvalue weighted by Gasteiger charge is 2.57. The summed E-state index contributed by atoms with van der Waals surface area (Å²) in [6, 6.07) is 9.31. The molecular weight excluding hydrogens is 194 g/mol. The molecule has 2 aliphatic carbocycles. The third kappa shape index (κ3) is 1.49. The van der Waals surface area contributed by atoms with E-state index in [-0.39, 0.29) is 0 Å². The molecule has 0 saturated heterocycles. The van der Waals surface area contributed by atoms with E-state index < -0.39 is 0 Å². The van der Waals surface area contributed by atoms with Crippen molar-refractivity contribution in [2.75, 3.05) is 6.54 Å². The molecule has 0 amide bonds. The number of nitrogens with two attached hydrogens (primary N) is 1. The van der Waals surface area contributed by atoms with Crippen molar-refractivity contribution in [2.45, 2.75) is 38.5 Å². The van der Waals surface area contributed by atoms with Crippen LogP contribution in [0, 0.1) is 11.3 Å². The Morgan fingerprint density at radius 2 is 1.69 bits per heavy atom. The van der Waals surface area contributed by atoms with E-state index in [4.69, 9.17) is 5.73 Å². The topological polar surface area (TPSA) is 26.0 Å². The van der Waals surface area contributed by atoms with Crippen molar-refractivity contribution in [1.82, 2.24) is 0 Å². The Morgan fingerprint density at radius 1 is 1.12 bits per heavy atom. The average molecular weight is 215 g/mol. The van der Waals surface area contributed by atoms with Gasteiger partial charge in [-0.05, 0) is 53.7 Å². The van der Waals surface area contributed by atoms with Crippen LogP contribution >= 0.6 is 0 Å². The first-order chi connectivity index (χ1) is 7.64. The third-order valence-electron chi connectivity index (χ3n) is 4.65. The van der Waals surface area contributed by atoms with E-state index in [1.807, 2.05) is 0 Å². The summed E-state index contributed by atoms with van der Waals surface area (Å²) in [6.07, 6.45) is 2.78. The molecule has 0 aromatic heterocycles. The number of rotatable bonds is 3. The maximum absolute atomic E-state index is 5.83. The molecule has 1 heteroatoms. The number of hydrogen-bond donors (Lipinski definition) is 1. The zero-order valence-electron chi connectivity index (χ0n) is 10.2. The molecule has 2 atom stereocenters. The van der Waals surface area contributed by atoms with Crippen LogP contribution in [0.25, 0.3) is 0 Å². The van der Waals surface area contributed by atoms with Gasteiger partial charge in [-0.1, -0.05) is 38.1 Å². The highest BCUT2D eigenvalue weighted by atomic mass is 14.7. The molecule has 16 heavy (non-hydrogen) atoms. The van der Waals surface area contributed by atoms with Crippen LogP contribution in [0.5, 0.6) is 0 Å². The molecular formula is C15H21N. The van der Waals surface area contributed by atoms with Gasteiger partial charge in [0.2, 0.25) is 0 Å². The van der Waals surface area contributed by atoms with Crippen LogP contribution in [-0.2, 0) is 0 Å². The first-order valence-corrected chi connectivity index (χ1v) is 6.44. The van der Waals surface area contributed by atoms with E-state index >= 15 is 0 Å². The van der Waals surface area contributed by atoms with Crippen LogP contribution in [0.1, 0.15) is 49.7 Å². The fourth-order valence-corrected chi connectivity index (χ4v) is 3.24. The van der Waals surface area contributed by atoms with Crippen molar-refractivity contribution in [3.8, 4) is 0 Å². The molecule has 2 N–H and O–H groups in total. The van der Waals surface area contributed by atoms with Crippen molar-refractivity contribution >= 4 is 0 Å². The minimum atomic E-state index is 0.413. The fraction of sp³-hybridized carbons (Fsp3) is 0.600. The van der Waals surface area contributed by atoms with Gasteiger partial charge in [-0.3, -0.25) is 0 Å². The predicted octanol–water partition coefficient (Wildman–Crippen LogP) is 3.26. The number of hydrogen-bond acceptors (Lipinski definition) is 1. The summed E-state index contributed by atoms with van der Waals surface area (Å²) >= 11 is 0. The highest BCUT2D eigenvalue weighted by molar-refractivity contribution is 5.36. The van der Waals surface area contributed by atoms with Gasteiger partial charge in [0.05, 0.1) is 0 Å². The Labute approximate surface area is 98.0 Å². The summed E-state index contributed by atoms with van der Waals surface area (Å²) < 4.78 is 0. The average Bonchev–Trinajstić information content (AvgIpc) is 3.14. The summed E-state index contributed by atoms with van der Waals surface area (Å²) in [5.41, 5.74) is 9.26.